The smallest absolute Gasteiger partial charge is 0.348 e. The summed E-state index contributed by atoms with van der Waals surface area (Å²) in [4.78, 5) is 39.6. The molecule has 0 unspecified atom stereocenters. The third-order valence-electron chi connectivity index (χ3n) is 7.88. The molecule has 2 heterocycles. The Balaban J connectivity index is 1.82. The Bertz CT molecular complexity index is 1380. The number of nitrogens with zero attached hydrogens (tertiary/aromatic N) is 5. The van der Waals surface area contributed by atoms with E-state index in [4.69, 9.17) is 15.9 Å². The van der Waals surface area contributed by atoms with E-state index in [2.05, 4.69) is 24.7 Å². The van der Waals surface area contributed by atoms with Crippen LogP contribution >= 0.6 is 0 Å². The molecule has 2 aromatic rings. The van der Waals surface area contributed by atoms with Gasteiger partial charge in [0.2, 0.25) is 5.88 Å². The van der Waals surface area contributed by atoms with Crippen LogP contribution < -0.4 is 22.7 Å². The summed E-state index contributed by atoms with van der Waals surface area (Å²) >= 11 is 0. The molecule has 2 aromatic heterocycles. The largest absolute Gasteiger partial charge is 0.494 e. The van der Waals surface area contributed by atoms with Crippen molar-refractivity contribution in [1.29, 1.82) is 5.41 Å². The van der Waals surface area contributed by atoms with Crippen LogP contribution in [-0.2, 0) is 24.6 Å². The number of amidine groups is 1. The second-order valence-electron chi connectivity index (χ2n) is 12.2. The summed E-state index contributed by atoms with van der Waals surface area (Å²) in [5.74, 6) is -0.657. The van der Waals surface area contributed by atoms with E-state index in [0.717, 1.165) is 21.6 Å². The van der Waals surface area contributed by atoms with Crippen LogP contribution in [0.4, 0.5) is 0 Å². The number of nitrogens with one attached hydrogen (secondary N) is 1. The number of ether oxygens (including phenoxy) is 1. The van der Waals surface area contributed by atoms with Crippen molar-refractivity contribution >= 4 is 13.9 Å². The van der Waals surface area contributed by atoms with Crippen LogP contribution in [0.5, 0.6) is 5.88 Å². The standard InChI is InChI=1S/C26H45N7O6Si/c1-6-7-12-30-22(35)20(21(27)28)23(36)33(25(30)38)19-8-10-26(16-34,11-9-19)15-31-18(2)29-32(24(31)37)17-39-13-14-40(3,4)5/h19,34-35H,6-17H2,1-5H3,(H3,27,28). The van der Waals surface area contributed by atoms with E-state index in [1.165, 1.54) is 4.68 Å². The second kappa shape index (κ2) is 12.7. The minimum Gasteiger partial charge on any atom is -0.494 e. The van der Waals surface area contributed by atoms with E-state index in [0.29, 0.717) is 44.5 Å². The molecular formula is C26H45N7O6Si. The molecule has 0 atom stereocenters. The van der Waals surface area contributed by atoms with Gasteiger partial charge in [0.15, 0.2) is 0 Å². The number of aliphatic hydroxyl groups is 1. The molecule has 0 radical (unpaired) electrons. The van der Waals surface area contributed by atoms with Gasteiger partial charge in [0.1, 0.15) is 24.0 Å². The van der Waals surface area contributed by atoms with Crippen LogP contribution in [0.15, 0.2) is 14.4 Å². The number of rotatable bonds is 13. The van der Waals surface area contributed by atoms with Crippen molar-refractivity contribution in [2.75, 3.05) is 13.2 Å². The highest BCUT2D eigenvalue weighted by Crippen LogP contribution is 2.41. The van der Waals surface area contributed by atoms with Gasteiger partial charge in [-0.1, -0.05) is 33.0 Å². The predicted octanol–water partition coefficient (Wildman–Crippen LogP) is 1.57. The van der Waals surface area contributed by atoms with Gasteiger partial charge in [0, 0.05) is 39.2 Å². The maximum absolute atomic E-state index is 13.3. The molecule has 0 bridgehead atoms. The number of hydrogen-bond acceptors (Lipinski definition) is 8. The summed E-state index contributed by atoms with van der Waals surface area (Å²) < 4.78 is 10.8. The van der Waals surface area contributed by atoms with Crippen LogP contribution in [0.2, 0.25) is 25.7 Å². The molecule has 3 rings (SSSR count). The first kappa shape index (κ1) is 31.6. The summed E-state index contributed by atoms with van der Waals surface area (Å²) in [5, 5.41) is 33.2. The van der Waals surface area contributed by atoms with Crippen molar-refractivity contribution in [3.8, 4) is 5.88 Å². The lowest BCUT2D eigenvalue weighted by Gasteiger charge is -2.39. The Morgan fingerprint density at radius 1 is 1.18 bits per heavy atom. The number of hydrogen-bond donors (Lipinski definition) is 4. The molecule has 1 fully saturated rings. The molecule has 5 N–H and O–H groups in total. The summed E-state index contributed by atoms with van der Waals surface area (Å²) in [6.07, 6.45) is 3.07. The maximum Gasteiger partial charge on any atom is 0.348 e. The molecule has 13 nitrogen and oxygen atoms in total. The summed E-state index contributed by atoms with van der Waals surface area (Å²) in [7, 11) is -1.25. The fourth-order valence-corrected chi connectivity index (χ4v) is 6.01. The van der Waals surface area contributed by atoms with Gasteiger partial charge in [0.05, 0.1) is 6.61 Å². The molecule has 0 amide bonds. The third-order valence-corrected chi connectivity index (χ3v) is 9.59. The number of aromatic nitrogens is 5. The highest BCUT2D eigenvalue weighted by molar-refractivity contribution is 6.76. The van der Waals surface area contributed by atoms with Crippen molar-refractivity contribution in [3.05, 3.63) is 42.7 Å². The van der Waals surface area contributed by atoms with Gasteiger partial charge in [-0.05, 0) is 45.1 Å². The summed E-state index contributed by atoms with van der Waals surface area (Å²) in [6.45, 7) is 11.4. The number of nitrogen functional groups attached to an aromatic ring is 1. The lowest BCUT2D eigenvalue weighted by atomic mass is 9.72. The predicted molar refractivity (Wildman–Crippen MR) is 155 cm³/mol. The molecule has 14 heteroatoms. The Labute approximate surface area is 234 Å². The lowest BCUT2D eigenvalue weighted by Crippen LogP contribution is -2.47. The van der Waals surface area contributed by atoms with Crippen molar-refractivity contribution in [1.82, 2.24) is 23.5 Å². The van der Waals surface area contributed by atoms with E-state index in [9.17, 15) is 24.6 Å². The van der Waals surface area contributed by atoms with Crippen LogP contribution in [-0.4, -0.2) is 60.8 Å². The Hall–Kier alpha value is -2.97. The zero-order valence-corrected chi connectivity index (χ0v) is 25.4. The Kier molecular flexibility index (Phi) is 10.0. The van der Waals surface area contributed by atoms with Gasteiger partial charge in [-0.3, -0.25) is 23.9 Å². The molecule has 1 aliphatic rings. The zero-order chi connectivity index (χ0) is 29.8. The first-order chi connectivity index (χ1) is 18.7. The van der Waals surface area contributed by atoms with E-state index in [-0.39, 0.29) is 37.7 Å². The Morgan fingerprint density at radius 3 is 2.38 bits per heavy atom. The molecule has 0 aliphatic heterocycles. The van der Waals surface area contributed by atoms with Crippen LogP contribution in [0.1, 0.15) is 62.9 Å². The quantitative estimate of drug-likeness (QED) is 0.119. The SMILES string of the molecule is CCCCn1c(O)c(C(=N)N)c(=O)n(C2CCC(CO)(Cn3c(C)nn(COCC[Si](C)(C)C)c3=O)CC2)c1=O. The second-order valence-corrected chi connectivity index (χ2v) is 17.8. The lowest BCUT2D eigenvalue weighted by molar-refractivity contribution is 0.0456. The molecule has 40 heavy (non-hydrogen) atoms. The zero-order valence-electron chi connectivity index (χ0n) is 24.4. The molecular weight excluding hydrogens is 534 g/mol. The van der Waals surface area contributed by atoms with E-state index < -0.39 is 42.5 Å². The summed E-state index contributed by atoms with van der Waals surface area (Å²) in [6, 6.07) is 0.490. The highest BCUT2D eigenvalue weighted by Gasteiger charge is 2.38. The normalized spacial score (nSPS) is 19.7. The van der Waals surface area contributed by atoms with Gasteiger partial charge in [0.25, 0.3) is 5.56 Å². The van der Waals surface area contributed by atoms with E-state index in [1.54, 1.807) is 11.5 Å². The van der Waals surface area contributed by atoms with E-state index >= 15 is 0 Å². The van der Waals surface area contributed by atoms with Gasteiger partial charge in [-0.2, -0.15) is 9.78 Å². The fraction of sp³-hybridized carbons (Fsp3) is 0.731. The number of aryl methyl sites for hydroxylation is 1. The number of nitrogens with two attached hydrogens (primary N) is 1. The highest BCUT2D eigenvalue weighted by atomic mass is 28.3. The fourth-order valence-electron chi connectivity index (χ4n) is 5.25. The maximum atomic E-state index is 13.3. The number of unbranched alkanes of at least 4 members (excludes halogenated alkanes) is 1. The molecule has 0 saturated heterocycles. The number of aromatic hydroxyl groups is 1. The van der Waals surface area contributed by atoms with Gasteiger partial charge in [-0.25, -0.2) is 9.59 Å². The molecule has 1 saturated carbocycles. The van der Waals surface area contributed by atoms with Gasteiger partial charge in [-0.15, -0.1) is 0 Å². The van der Waals surface area contributed by atoms with Gasteiger partial charge >= 0.3 is 11.4 Å². The first-order valence-electron chi connectivity index (χ1n) is 14.0. The van der Waals surface area contributed by atoms with Crippen molar-refractivity contribution in [2.24, 2.45) is 11.1 Å². The molecule has 0 aromatic carbocycles. The first-order valence-corrected chi connectivity index (χ1v) is 17.7. The minimum atomic E-state index is -1.25. The molecule has 224 valence electrons. The van der Waals surface area contributed by atoms with E-state index in [1.807, 2.05) is 6.92 Å². The average Bonchev–Trinajstić information content (AvgIpc) is 3.14. The molecule has 0 spiro atoms. The third kappa shape index (κ3) is 6.84. The van der Waals surface area contributed by atoms with Gasteiger partial charge < -0.3 is 20.7 Å². The van der Waals surface area contributed by atoms with Crippen LogP contribution in [0, 0.1) is 17.7 Å². The van der Waals surface area contributed by atoms with Crippen molar-refractivity contribution < 1.29 is 14.9 Å². The molecule has 1 aliphatic carbocycles. The topological polar surface area (TPSA) is 183 Å². The minimum absolute atomic E-state index is 0.0674. The van der Waals surface area contributed by atoms with Crippen LogP contribution in [0.25, 0.3) is 0 Å². The Morgan fingerprint density at radius 2 is 1.82 bits per heavy atom. The number of aliphatic hydroxyl groups excluding tert-OH is 1. The van der Waals surface area contributed by atoms with Crippen LogP contribution in [0.3, 0.4) is 0 Å². The van der Waals surface area contributed by atoms with Crippen molar-refractivity contribution in [2.45, 2.75) is 104 Å². The average molecular weight is 580 g/mol. The summed E-state index contributed by atoms with van der Waals surface area (Å²) in [5.41, 5.74) is 2.87. The van der Waals surface area contributed by atoms with Crippen molar-refractivity contribution in [3.63, 3.8) is 0 Å². The monoisotopic (exact) mass is 579 g/mol.